The Hall–Kier alpha value is -1.38. The molecule has 1 saturated carbocycles. The van der Waals surface area contributed by atoms with Crippen molar-refractivity contribution in [1.29, 1.82) is 0 Å². The van der Waals surface area contributed by atoms with Gasteiger partial charge < -0.3 is 5.11 Å². The van der Waals surface area contributed by atoms with Crippen LogP contribution in [0.3, 0.4) is 0 Å². The minimum Gasteiger partial charge on any atom is -0.481 e. The van der Waals surface area contributed by atoms with Crippen molar-refractivity contribution in [2.24, 2.45) is 5.92 Å². The van der Waals surface area contributed by atoms with Crippen LogP contribution >= 0.6 is 0 Å². The summed E-state index contributed by atoms with van der Waals surface area (Å²) in [6, 6.07) is 5.75. The molecule has 17 heavy (non-hydrogen) atoms. The van der Waals surface area contributed by atoms with Gasteiger partial charge in [-0.2, -0.15) is 0 Å². The number of carboxylic acid groups (broad SMARTS) is 1. The lowest BCUT2D eigenvalue weighted by molar-refractivity contribution is -0.138. The van der Waals surface area contributed by atoms with E-state index in [4.69, 9.17) is 5.11 Å². The Balaban J connectivity index is 0.000000581. The standard InChI is InChI=1S/C10H11NO2.2C2H6/c1-6-3-2-4-9(11-6)7-5-8(7)10(12)13;2*1-2/h2-4,7-8H,5H2,1H3,(H,12,13);2*1-2H3. The first kappa shape index (κ1) is 15.6. The predicted octanol–water partition coefficient (Wildman–Crippen LogP) is 3.63. The summed E-state index contributed by atoms with van der Waals surface area (Å²) in [5.74, 6) is -0.750. The largest absolute Gasteiger partial charge is 0.481 e. The van der Waals surface area contributed by atoms with E-state index in [-0.39, 0.29) is 11.8 Å². The molecule has 0 bridgehead atoms. The zero-order chi connectivity index (χ0) is 13.4. The lowest BCUT2D eigenvalue weighted by Gasteiger charge is -1.98. The molecule has 0 saturated heterocycles. The van der Waals surface area contributed by atoms with Gasteiger partial charge in [0.2, 0.25) is 0 Å². The molecule has 3 nitrogen and oxygen atoms in total. The molecule has 1 heterocycles. The molecule has 1 N–H and O–H groups in total. The van der Waals surface area contributed by atoms with Gasteiger partial charge in [0.15, 0.2) is 0 Å². The normalized spacial score (nSPS) is 20.3. The maximum Gasteiger partial charge on any atom is 0.307 e. The van der Waals surface area contributed by atoms with Gasteiger partial charge in [0, 0.05) is 17.3 Å². The Morgan fingerprint density at radius 2 is 1.88 bits per heavy atom. The van der Waals surface area contributed by atoms with Gasteiger partial charge in [-0.1, -0.05) is 33.8 Å². The fraction of sp³-hybridized carbons (Fsp3) is 0.571. The second kappa shape index (κ2) is 7.82. The van der Waals surface area contributed by atoms with E-state index in [0.29, 0.717) is 0 Å². The van der Waals surface area contributed by atoms with Crippen molar-refractivity contribution in [3.05, 3.63) is 29.6 Å². The Kier molecular flexibility index (Phi) is 7.19. The van der Waals surface area contributed by atoms with Crippen LogP contribution in [0.2, 0.25) is 0 Å². The molecule has 2 unspecified atom stereocenters. The highest BCUT2D eigenvalue weighted by Gasteiger charge is 2.45. The van der Waals surface area contributed by atoms with E-state index >= 15 is 0 Å². The van der Waals surface area contributed by atoms with Crippen LogP contribution in [0.25, 0.3) is 0 Å². The number of pyridine rings is 1. The zero-order valence-electron chi connectivity index (χ0n) is 11.4. The number of carboxylic acids is 1. The smallest absolute Gasteiger partial charge is 0.307 e. The number of aryl methyl sites for hydroxylation is 1. The Labute approximate surface area is 104 Å². The Morgan fingerprint density at radius 3 is 2.29 bits per heavy atom. The number of carbonyl (C=O) groups is 1. The minimum absolute atomic E-state index is 0.150. The second-order valence-electron chi connectivity index (χ2n) is 3.49. The van der Waals surface area contributed by atoms with Crippen molar-refractivity contribution < 1.29 is 9.90 Å². The lowest BCUT2D eigenvalue weighted by atomic mass is 10.2. The van der Waals surface area contributed by atoms with Gasteiger partial charge in [0.05, 0.1) is 5.92 Å². The topological polar surface area (TPSA) is 50.2 Å². The summed E-state index contributed by atoms with van der Waals surface area (Å²) in [7, 11) is 0. The maximum atomic E-state index is 10.6. The quantitative estimate of drug-likeness (QED) is 0.854. The highest BCUT2D eigenvalue weighted by molar-refractivity contribution is 5.75. The van der Waals surface area contributed by atoms with Crippen LogP contribution in [0.15, 0.2) is 18.2 Å². The first-order valence-electron chi connectivity index (χ1n) is 6.35. The van der Waals surface area contributed by atoms with Crippen LogP contribution in [0.4, 0.5) is 0 Å². The van der Waals surface area contributed by atoms with Gasteiger partial charge in [-0.05, 0) is 25.5 Å². The molecular weight excluding hydrogens is 214 g/mol. The summed E-state index contributed by atoms with van der Waals surface area (Å²) in [4.78, 5) is 14.9. The second-order valence-corrected chi connectivity index (χ2v) is 3.49. The summed E-state index contributed by atoms with van der Waals surface area (Å²) >= 11 is 0. The van der Waals surface area contributed by atoms with E-state index in [2.05, 4.69) is 4.98 Å². The molecular formula is C14H23NO2. The molecule has 96 valence electrons. The molecule has 0 amide bonds. The number of aliphatic carboxylic acids is 1. The van der Waals surface area contributed by atoms with Crippen molar-refractivity contribution >= 4 is 5.97 Å². The highest BCUT2D eigenvalue weighted by atomic mass is 16.4. The van der Waals surface area contributed by atoms with Gasteiger partial charge in [-0.15, -0.1) is 0 Å². The van der Waals surface area contributed by atoms with Gasteiger partial charge in [0.1, 0.15) is 0 Å². The van der Waals surface area contributed by atoms with Crippen LogP contribution in [-0.2, 0) is 4.79 Å². The molecule has 0 aromatic carbocycles. The van der Waals surface area contributed by atoms with Gasteiger partial charge in [-0.3, -0.25) is 9.78 Å². The molecule has 2 rings (SSSR count). The van der Waals surface area contributed by atoms with Gasteiger partial charge >= 0.3 is 5.97 Å². The summed E-state index contributed by atoms with van der Waals surface area (Å²) in [5, 5.41) is 8.73. The fourth-order valence-corrected chi connectivity index (χ4v) is 1.57. The highest BCUT2D eigenvalue weighted by Crippen LogP contribution is 2.46. The number of hydrogen-bond donors (Lipinski definition) is 1. The molecule has 1 fully saturated rings. The Bertz CT molecular complexity index is 350. The summed E-state index contributed by atoms with van der Waals surface area (Å²) in [6.07, 6.45) is 0.742. The number of nitrogens with zero attached hydrogens (tertiary/aromatic N) is 1. The van der Waals surface area contributed by atoms with Gasteiger partial charge in [-0.25, -0.2) is 0 Å². The fourth-order valence-electron chi connectivity index (χ4n) is 1.57. The van der Waals surface area contributed by atoms with E-state index in [1.54, 1.807) is 0 Å². The van der Waals surface area contributed by atoms with Crippen molar-refractivity contribution in [2.75, 3.05) is 0 Å². The first-order valence-corrected chi connectivity index (χ1v) is 6.35. The van der Waals surface area contributed by atoms with E-state index < -0.39 is 5.97 Å². The van der Waals surface area contributed by atoms with Crippen LogP contribution in [-0.4, -0.2) is 16.1 Å². The maximum absolute atomic E-state index is 10.6. The first-order chi connectivity index (χ1) is 8.18. The third-order valence-electron chi connectivity index (χ3n) is 2.40. The molecule has 2 atom stereocenters. The minimum atomic E-state index is -0.701. The molecule has 1 aromatic rings. The average molecular weight is 237 g/mol. The summed E-state index contributed by atoms with van der Waals surface area (Å²) in [6.45, 7) is 9.92. The van der Waals surface area contributed by atoms with Gasteiger partial charge in [0.25, 0.3) is 0 Å². The Morgan fingerprint density at radius 1 is 1.29 bits per heavy atom. The molecule has 1 aromatic heterocycles. The van der Waals surface area contributed by atoms with Crippen LogP contribution in [0.5, 0.6) is 0 Å². The molecule has 1 aliphatic carbocycles. The monoisotopic (exact) mass is 237 g/mol. The molecule has 1 aliphatic rings. The van der Waals surface area contributed by atoms with Crippen molar-refractivity contribution in [3.8, 4) is 0 Å². The van der Waals surface area contributed by atoms with Crippen LogP contribution in [0, 0.1) is 12.8 Å². The van der Waals surface area contributed by atoms with Crippen LogP contribution < -0.4 is 0 Å². The zero-order valence-corrected chi connectivity index (χ0v) is 11.4. The van der Waals surface area contributed by atoms with Crippen LogP contribution in [0.1, 0.15) is 51.4 Å². The molecule has 3 heteroatoms. The summed E-state index contributed by atoms with van der Waals surface area (Å²) in [5.41, 5.74) is 1.88. The van der Waals surface area contributed by atoms with E-state index in [1.807, 2.05) is 52.8 Å². The number of rotatable bonds is 2. The van der Waals surface area contributed by atoms with E-state index in [9.17, 15) is 4.79 Å². The molecule has 0 radical (unpaired) electrons. The lowest BCUT2D eigenvalue weighted by Crippen LogP contribution is -2.00. The van der Waals surface area contributed by atoms with Crippen molar-refractivity contribution in [3.63, 3.8) is 0 Å². The van der Waals surface area contributed by atoms with Crippen molar-refractivity contribution in [2.45, 2.75) is 47.0 Å². The van der Waals surface area contributed by atoms with E-state index in [1.165, 1.54) is 0 Å². The van der Waals surface area contributed by atoms with E-state index in [0.717, 1.165) is 17.8 Å². The number of aromatic nitrogens is 1. The average Bonchev–Trinajstić information content (AvgIpc) is 3.14. The number of hydrogen-bond acceptors (Lipinski definition) is 2. The molecule has 0 spiro atoms. The third-order valence-corrected chi connectivity index (χ3v) is 2.40. The third kappa shape index (κ3) is 4.55. The molecule has 0 aliphatic heterocycles. The van der Waals surface area contributed by atoms with Crippen molar-refractivity contribution in [1.82, 2.24) is 4.98 Å². The predicted molar refractivity (Wildman–Crippen MR) is 70.2 cm³/mol. The summed E-state index contributed by atoms with van der Waals surface area (Å²) < 4.78 is 0. The SMILES string of the molecule is CC.CC.Cc1cccc(C2CC2C(=O)O)n1.